The molecule has 0 saturated heterocycles. The average Bonchev–Trinajstić information content (AvgIpc) is 2.98. The Morgan fingerprint density at radius 3 is 2.52 bits per heavy atom. The second-order valence-corrected chi connectivity index (χ2v) is 8.19. The molecule has 3 rings (SSSR count). The maximum Gasteiger partial charge on any atom is 0.173 e. The van der Waals surface area contributed by atoms with E-state index in [4.69, 9.17) is 4.52 Å². The van der Waals surface area contributed by atoms with Crippen molar-refractivity contribution >= 4 is 27.1 Å². The normalized spacial score (nSPS) is 13.6. The van der Waals surface area contributed by atoms with Crippen molar-refractivity contribution in [2.45, 2.75) is 18.8 Å². The Morgan fingerprint density at radius 2 is 1.84 bits per heavy atom. The van der Waals surface area contributed by atoms with Crippen molar-refractivity contribution < 1.29 is 14.2 Å². The van der Waals surface area contributed by atoms with E-state index in [1.165, 1.54) is 0 Å². The third kappa shape index (κ3) is 4.52. The molecular formula is C19H18BrNO3S. The first kappa shape index (κ1) is 18.2. The average molecular weight is 420 g/mol. The van der Waals surface area contributed by atoms with Crippen LogP contribution in [0.2, 0.25) is 0 Å². The van der Waals surface area contributed by atoms with Crippen LogP contribution < -0.4 is 0 Å². The van der Waals surface area contributed by atoms with E-state index in [0.29, 0.717) is 22.8 Å². The van der Waals surface area contributed by atoms with Crippen molar-refractivity contribution in [1.82, 2.24) is 5.16 Å². The highest BCUT2D eigenvalue weighted by Crippen LogP contribution is 2.32. The van der Waals surface area contributed by atoms with Crippen LogP contribution in [-0.4, -0.2) is 20.6 Å². The van der Waals surface area contributed by atoms with Gasteiger partial charge in [0.2, 0.25) is 0 Å². The first-order valence-corrected chi connectivity index (χ1v) is 10.1. The summed E-state index contributed by atoms with van der Waals surface area (Å²) in [6, 6.07) is 17.2. The molecule has 1 unspecified atom stereocenters. The fourth-order valence-corrected chi connectivity index (χ4v) is 4.12. The second kappa shape index (κ2) is 8.19. The van der Waals surface area contributed by atoms with Crippen LogP contribution >= 0.6 is 15.9 Å². The van der Waals surface area contributed by atoms with Crippen LogP contribution in [0, 0.1) is 6.92 Å². The number of aromatic nitrogens is 1. The lowest BCUT2D eigenvalue weighted by atomic mass is 10.0. The first-order chi connectivity index (χ1) is 12.0. The van der Waals surface area contributed by atoms with Gasteiger partial charge in [-0.15, -0.1) is 0 Å². The zero-order chi connectivity index (χ0) is 17.8. The third-order valence-corrected chi connectivity index (χ3v) is 5.73. The van der Waals surface area contributed by atoms with E-state index in [1.807, 2.05) is 54.6 Å². The van der Waals surface area contributed by atoms with E-state index in [9.17, 15) is 9.66 Å². The smallest absolute Gasteiger partial charge is 0.173 e. The van der Waals surface area contributed by atoms with Crippen LogP contribution in [0.4, 0.5) is 0 Å². The predicted octanol–water partition coefficient (Wildman–Crippen LogP) is 4.39. The monoisotopic (exact) mass is 419 g/mol. The van der Waals surface area contributed by atoms with E-state index in [0.717, 1.165) is 15.6 Å². The van der Waals surface area contributed by atoms with E-state index < -0.39 is 17.3 Å². The van der Waals surface area contributed by atoms with Crippen molar-refractivity contribution in [3.05, 3.63) is 75.9 Å². The van der Waals surface area contributed by atoms with Crippen LogP contribution in [0.5, 0.6) is 0 Å². The van der Waals surface area contributed by atoms with Crippen molar-refractivity contribution in [1.29, 1.82) is 0 Å². The maximum absolute atomic E-state index is 12.4. The molecule has 3 aromatic rings. The fraction of sp³-hybridized carbons (Fsp3) is 0.211. The molecule has 6 heteroatoms. The SMILES string of the molecule is Cc1noc(-c2ccc(Br)cc2)c1C(O)C[S@@+]([O-])Cc1ccccc1. The van der Waals surface area contributed by atoms with Gasteiger partial charge in [-0.3, -0.25) is 0 Å². The highest BCUT2D eigenvalue weighted by molar-refractivity contribution is 9.10. The molecule has 1 N–H and O–H groups in total. The van der Waals surface area contributed by atoms with Gasteiger partial charge in [-0.2, -0.15) is 0 Å². The number of nitrogens with zero attached hydrogens (tertiary/aromatic N) is 1. The number of aliphatic hydroxyl groups is 1. The molecule has 0 aliphatic heterocycles. The van der Waals surface area contributed by atoms with Gasteiger partial charge in [0.1, 0.15) is 17.6 Å². The van der Waals surface area contributed by atoms with Crippen molar-refractivity contribution in [2.24, 2.45) is 0 Å². The zero-order valence-electron chi connectivity index (χ0n) is 13.7. The van der Waals surface area contributed by atoms with Crippen molar-refractivity contribution in [2.75, 3.05) is 5.75 Å². The molecule has 0 aliphatic rings. The summed E-state index contributed by atoms with van der Waals surface area (Å²) >= 11 is 2.21. The van der Waals surface area contributed by atoms with Gasteiger partial charge in [0.25, 0.3) is 0 Å². The molecule has 25 heavy (non-hydrogen) atoms. The van der Waals surface area contributed by atoms with E-state index in [-0.39, 0.29) is 5.75 Å². The molecule has 0 fully saturated rings. The Hall–Kier alpha value is -1.60. The summed E-state index contributed by atoms with van der Waals surface area (Å²) in [5, 5.41) is 14.6. The zero-order valence-corrected chi connectivity index (χ0v) is 16.1. The number of aliphatic hydroxyl groups excluding tert-OH is 1. The maximum atomic E-state index is 12.4. The highest BCUT2D eigenvalue weighted by atomic mass is 79.9. The van der Waals surface area contributed by atoms with Crippen molar-refractivity contribution in [3.63, 3.8) is 0 Å². The van der Waals surface area contributed by atoms with Crippen LogP contribution in [-0.2, 0) is 16.9 Å². The van der Waals surface area contributed by atoms with Crippen molar-refractivity contribution in [3.8, 4) is 11.3 Å². The van der Waals surface area contributed by atoms with Gasteiger partial charge in [0.15, 0.2) is 5.76 Å². The summed E-state index contributed by atoms with van der Waals surface area (Å²) in [5.74, 6) is 1.07. The van der Waals surface area contributed by atoms with E-state index >= 15 is 0 Å². The number of hydrogen-bond donors (Lipinski definition) is 1. The molecule has 0 bridgehead atoms. The molecule has 2 aromatic carbocycles. The number of aryl methyl sites for hydroxylation is 1. The van der Waals surface area contributed by atoms with Gasteiger partial charge in [-0.25, -0.2) is 0 Å². The Kier molecular flexibility index (Phi) is 5.96. The molecule has 130 valence electrons. The van der Waals surface area contributed by atoms with Crippen LogP contribution in [0.3, 0.4) is 0 Å². The van der Waals surface area contributed by atoms with E-state index in [2.05, 4.69) is 21.1 Å². The summed E-state index contributed by atoms with van der Waals surface area (Å²) in [5.41, 5.74) is 3.03. The molecule has 4 nitrogen and oxygen atoms in total. The van der Waals surface area contributed by atoms with Gasteiger partial charge in [-0.05, 0) is 30.2 Å². The largest absolute Gasteiger partial charge is 0.616 e. The minimum atomic E-state index is -1.19. The number of benzene rings is 2. The standard InChI is InChI=1S/C19H18BrNO3S/c1-13-18(19(24-21-13)15-7-9-16(20)10-8-15)17(22)12-25(23)11-14-5-3-2-4-6-14/h2-10,17,22H,11-12H2,1H3/t17?,25-/m0/s1. The van der Waals surface area contributed by atoms with E-state index in [1.54, 1.807) is 6.92 Å². The molecule has 0 amide bonds. The first-order valence-electron chi connectivity index (χ1n) is 7.83. The molecule has 1 heterocycles. The lowest BCUT2D eigenvalue weighted by Crippen LogP contribution is -2.17. The van der Waals surface area contributed by atoms with Gasteiger partial charge in [0.05, 0.1) is 11.3 Å². The van der Waals surface area contributed by atoms with Gasteiger partial charge in [-0.1, -0.05) is 63.6 Å². The lowest BCUT2D eigenvalue weighted by Gasteiger charge is -2.16. The lowest BCUT2D eigenvalue weighted by molar-refractivity contribution is 0.201. The molecule has 1 aromatic heterocycles. The Labute approximate surface area is 158 Å². The Balaban J connectivity index is 1.77. The fourth-order valence-electron chi connectivity index (χ4n) is 2.66. The van der Waals surface area contributed by atoms with Crippen LogP contribution in [0.1, 0.15) is 22.9 Å². The quantitative estimate of drug-likeness (QED) is 0.601. The molecule has 0 spiro atoms. The van der Waals surface area contributed by atoms with Gasteiger partial charge in [0, 0.05) is 15.6 Å². The second-order valence-electron chi connectivity index (χ2n) is 5.77. The molecule has 2 atom stereocenters. The van der Waals surface area contributed by atoms with Gasteiger partial charge >= 0.3 is 0 Å². The summed E-state index contributed by atoms with van der Waals surface area (Å²) < 4.78 is 18.8. The number of halogens is 1. The summed E-state index contributed by atoms with van der Waals surface area (Å²) in [7, 11) is 0. The predicted molar refractivity (Wildman–Crippen MR) is 102 cm³/mol. The summed E-state index contributed by atoms with van der Waals surface area (Å²) in [6.45, 7) is 1.78. The molecule has 0 radical (unpaired) electrons. The molecule has 0 saturated carbocycles. The minimum absolute atomic E-state index is 0.139. The summed E-state index contributed by atoms with van der Waals surface area (Å²) in [4.78, 5) is 0. The van der Waals surface area contributed by atoms with Crippen LogP contribution in [0.25, 0.3) is 11.3 Å². The Morgan fingerprint density at radius 1 is 1.16 bits per heavy atom. The number of hydrogen-bond acceptors (Lipinski definition) is 4. The Bertz CT molecular complexity index is 820. The van der Waals surface area contributed by atoms with Gasteiger partial charge < -0.3 is 14.2 Å². The summed E-state index contributed by atoms with van der Waals surface area (Å²) in [6.07, 6.45) is -0.894. The number of rotatable bonds is 6. The molecular weight excluding hydrogens is 402 g/mol. The minimum Gasteiger partial charge on any atom is -0.616 e. The van der Waals surface area contributed by atoms with Crippen LogP contribution in [0.15, 0.2) is 63.6 Å². The topological polar surface area (TPSA) is 69.3 Å². The highest BCUT2D eigenvalue weighted by Gasteiger charge is 2.26. The molecule has 0 aliphatic carbocycles. The third-order valence-electron chi connectivity index (χ3n) is 3.86.